The van der Waals surface area contributed by atoms with Gasteiger partial charge in [-0.1, -0.05) is 15.9 Å². The average Bonchev–Trinajstić information content (AvgIpc) is 3.11. The number of furan rings is 1. The largest absolute Gasteiger partial charge is 0.469 e. The fourth-order valence-corrected chi connectivity index (χ4v) is 2.82. The third-order valence-electron chi connectivity index (χ3n) is 3.66. The Morgan fingerprint density at radius 2 is 2.07 bits per heavy atom. The number of halogens is 2. The summed E-state index contributed by atoms with van der Waals surface area (Å²) in [6.07, 6.45) is 2.76. The number of carbonyl (C=O) groups is 1. The van der Waals surface area contributed by atoms with Crippen LogP contribution >= 0.6 is 39.9 Å². The van der Waals surface area contributed by atoms with Crippen molar-refractivity contribution in [2.45, 2.75) is 26.7 Å². The van der Waals surface area contributed by atoms with Crippen LogP contribution in [0.2, 0.25) is 0 Å². The number of aliphatic imine (C=N–C) groups is 1. The molecule has 3 N–H and O–H groups in total. The molecule has 0 saturated heterocycles. The maximum absolute atomic E-state index is 12.1. The molecule has 0 aliphatic carbocycles. The number of aryl methyl sites for hydroxylation is 1. The van der Waals surface area contributed by atoms with Crippen molar-refractivity contribution >= 4 is 57.5 Å². The van der Waals surface area contributed by atoms with Gasteiger partial charge in [-0.05, 0) is 49.7 Å². The number of carbonyl (C=O) groups excluding carboxylic acids is 1. The van der Waals surface area contributed by atoms with Crippen LogP contribution in [0.25, 0.3) is 0 Å². The summed E-state index contributed by atoms with van der Waals surface area (Å²) < 4.78 is 6.29. The Balaban J connectivity index is 0.00000364. The van der Waals surface area contributed by atoms with Crippen LogP contribution in [0.1, 0.15) is 24.7 Å². The Bertz CT molecular complexity index is 735. The van der Waals surface area contributed by atoms with E-state index in [0.717, 1.165) is 34.4 Å². The summed E-state index contributed by atoms with van der Waals surface area (Å²) in [7, 11) is 0. The molecule has 0 atom stereocenters. The number of benzene rings is 1. The topological polar surface area (TPSA) is 78.7 Å². The SMILES string of the molecule is CCNC(=NCCc1ccco1)NCCC(=O)Nc1ccc(Br)cc1C.I. The molecule has 1 amide bonds. The molecule has 0 spiro atoms. The number of amides is 1. The van der Waals surface area contributed by atoms with Gasteiger partial charge in [0.1, 0.15) is 5.76 Å². The lowest BCUT2D eigenvalue weighted by Crippen LogP contribution is -2.38. The van der Waals surface area contributed by atoms with Crippen LogP contribution in [-0.2, 0) is 11.2 Å². The van der Waals surface area contributed by atoms with Gasteiger partial charge in [0.15, 0.2) is 5.96 Å². The minimum Gasteiger partial charge on any atom is -0.469 e. The van der Waals surface area contributed by atoms with E-state index in [1.54, 1.807) is 6.26 Å². The van der Waals surface area contributed by atoms with Crippen LogP contribution in [0.5, 0.6) is 0 Å². The summed E-state index contributed by atoms with van der Waals surface area (Å²) in [5.74, 6) is 1.58. The molecule has 0 radical (unpaired) electrons. The van der Waals surface area contributed by atoms with Crippen LogP contribution < -0.4 is 16.0 Å². The molecular formula is C19H26BrIN4O2. The minimum absolute atomic E-state index is 0. The average molecular weight is 549 g/mol. The zero-order chi connectivity index (χ0) is 18.8. The lowest BCUT2D eigenvalue weighted by Gasteiger charge is -2.12. The van der Waals surface area contributed by atoms with Crippen molar-refractivity contribution in [3.05, 3.63) is 52.4 Å². The van der Waals surface area contributed by atoms with Gasteiger partial charge in [0.2, 0.25) is 5.91 Å². The van der Waals surface area contributed by atoms with E-state index < -0.39 is 0 Å². The van der Waals surface area contributed by atoms with Crippen molar-refractivity contribution in [2.24, 2.45) is 4.99 Å². The Hall–Kier alpha value is -1.55. The van der Waals surface area contributed by atoms with Crippen molar-refractivity contribution < 1.29 is 9.21 Å². The van der Waals surface area contributed by atoms with Crippen LogP contribution in [-0.4, -0.2) is 31.5 Å². The Morgan fingerprint density at radius 1 is 1.26 bits per heavy atom. The van der Waals surface area contributed by atoms with Gasteiger partial charge in [-0.15, -0.1) is 24.0 Å². The first-order valence-corrected chi connectivity index (χ1v) is 9.48. The maximum Gasteiger partial charge on any atom is 0.226 e. The number of guanidine groups is 1. The van der Waals surface area contributed by atoms with Crippen molar-refractivity contribution in [1.82, 2.24) is 10.6 Å². The molecule has 0 aliphatic rings. The second-order valence-electron chi connectivity index (χ2n) is 5.77. The molecular weight excluding hydrogens is 523 g/mol. The van der Waals surface area contributed by atoms with Crippen LogP contribution in [0.4, 0.5) is 5.69 Å². The summed E-state index contributed by atoms with van der Waals surface area (Å²) in [4.78, 5) is 16.6. The monoisotopic (exact) mass is 548 g/mol. The van der Waals surface area contributed by atoms with Crippen LogP contribution in [0, 0.1) is 6.92 Å². The summed E-state index contributed by atoms with van der Waals surface area (Å²) in [5, 5.41) is 9.29. The molecule has 8 heteroatoms. The molecule has 27 heavy (non-hydrogen) atoms. The fraction of sp³-hybridized carbons (Fsp3) is 0.368. The smallest absolute Gasteiger partial charge is 0.226 e. The summed E-state index contributed by atoms with van der Waals surface area (Å²) >= 11 is 3.42. The summed E-state index contributed by atoms with van der Waals surface area (Å²) in [6.45, 7) is 5.86. The Labute approximate surface area is 185 Å². The molecule has 6 nitrogen and oxygen atoms in total. The standard InChI is InChI=1S/C19H25BrN4O2.HI/c1-3-21-19(22-10-8-16-5-4-12-26-16)23-11-9-18(25)24-17-7-6-15(20)13-14(17)2;/h4-7,12-13H,3,8-11H2,1-2H3,(H,24,25)(H2,21,22,23);1H. The van der Waals surface area contributed by atoms with Crippen molar-refractivity contribution in [2.75, 3.05) is 25.0 Å². The molecule has 0 bridgehead atoms. The van der Waals surface area contributed by atoms with E-state index in [0.29, 0.717) is 25.5 Å². The first-order valence-electron chi connectivity index (χ1n) is 8.69. The van der Waals surface area contributed by atoms with Crippen molar-refractivity contribution in [3.8, 4) is 0 Å². The van der Waals surface area contributed by atoms with Crippen LogP contribution in [0.3, 0.4) is 0 Å². The highest BCUT2D eigenvalue weighted by molar-refractivity contribution is 14.0. The predicted molar refractivity (Wildman–Crippen MR) is 124 cm³/mol. The quantitative estimate of drug-likeness (QED) is 0.264. The van der Waals surface area contributed by atoms with Gasteiger partial charge in [0.05, 0.1) is 6.26 Å². The Morgan fingerprint density at radius 3 is 2.74 bits per heavy atom. The van der Waals surface area contributed by atoms with Gasteiger partial charge in [-0.3, -0.25) is 9.79 Å². The van der Waals surface area contributed by atoms with E-state index in [1.807, 2.05) is 44.2 Å². The summed E-state index contributed by atoms with van der Waals surface area (Å²) in [6, 6.07) is 9.59. The Kier molecular flexibility index (Phi) is 11.1. The van der Waals surface area contributed by atoms with Gasteiger partial charge in [0, 0.05) is 42.6 Å². The first kappa shape index (κ1) is 23.5. The molecule has 1 aromatic heterocycles. The highest BCUT2D eigenvalue weighted by Gasteiger charge is 2.06. The molecule has 148 valence electrons. The van der Waals surface area contributed by atoms with Gasteiger partial charge >= 0.3 is 0 Å². The minimum atomic E-state index is -0.0330. The zero-order valence-corrected chi connectivity index (χ0v) is 19.5. The van der Waals surface area contributed by atoms with Crippen molar-refractivity contribution in [1.29, 1.82) is 0 Å². The molecule has 1 aromatic carbocycles. The first-order chi connectivity index (χ1) is 12.6. The molecule has 2 rings (SSSR count). The molecule has 0 unspecified atom stereocenters. The van der Waals surface area contributed by atoms with Gasteiger partial charge < -0.3 is 20.4 Å². The second-order valence-corrected chi connectivity index (χ2v) is 6.69. The molecule has 0 saturated carbocycles. The number of nitrogens with one attached hydrogen (secondary N) is 3. The maximum atomic E-state index is 12.1. The van der Waals surface area contributed by atoms with Crippen molar-refractivity contribution in [3.63, 3.8) is 0 Å². The lowest BCUT2D eigenvalue weighted by atomic mass is 10.2. The van der Waals surface area contributed by atoms with E-state index in [9.17, 15) is 4.79 Å². The zero-order valence-electron chi connectivity index (χ0n) is 15.5. The third-order valence-corrected chi connectivity index (χ3v) is 4.15. The predicted octanol–water partition coefficient (Wildman–Crippen LogP) is 4.09. The van der Waals surface area contributed by atoms with E-state index in [1.165, 1.54) is 0 Å². The third kappa shape index (κ3) is 8.79. The number of rotatable bonds is 8. The van der Waals surface area contributed by atoms with E-state index in [2.05, 4.69) is 36.9 Å². The van der Waals surface area contributed by atoms with Gasteiger partial charge in [0.25, 0.3) is 0 Å². The van der Waals surface area contributed by atoms with E-state index >= 15 is 0 Å². The van der Waals surface area contributed by atoms with E-state index in [4.69, 9.17) is 4.42 Å². The van der Waals surface area contributed by atoms with Gasteiger partial charge in [-0.2, -0.15) is 0 Å². The molecule has 1 heterocycles. The normalized spacial score (nSPS) is 10.9. The number of anilines is 1. The molecule has 2 aromatic rings. The van der Waals surface area contributed by atoms with Crippen LogP contribution in [0.15, 0.2) is 50.5 Å². The van der Waals surface area contributed by atoms with Gasteiger partial charge in [-0.25, -0.2) is 0 Å². The lowest BCUT2D eigenvalue weighted by molar-refractivity contribution is -0.116. The van der Waals surface area contributed by atoms with E-state index in [-0.39, 0.29) is 29.9 Å². The highest BCUT2D eigenvalue weighted by Crippen LogP contribution is 2.20. The number of hydrogen-bond donors (Lipinski definition) is 3. The number of hydrogen-bond acceptors (Lipinski definition) is 3. The fourth-order valence-electron chi connectivity index (χ4n) is 2.35. The summed E-state index contributed by atoms with van der Waals surface area (Å²) in [5.41, 5.74) is 1.85. The molecule has 0 aliphatic heterocycles. The number of nitrogens with zero attached hydrogens (tertiary/aromatic N) is 1. The second kappa shape index (κ2) is 12.8. The molecule has 0 fully saturated rings. The highest BCUT2D eigenvalue weighted by atomic mass is 127.